The van der Waals surface area contributed by atoms with Crippen LogP contribution in [-0.2, 0) is 19.6 Å². The zero-order chi connectivity index (χ0) is 22.7. The number of benzene rings is 2. The highest BCUT2D eigenvalue weighted by molar-refractivity contribution is 7.93. The Hall–Kier alpha value is -3.40. The lowest BCUT2D eigenvalue weighted by molar-refractivity contribution is -0.132. The van der Waals surface area contributed by atoms with Gasteiger partial charge in [-0.1, -0.05) is 30.3 Å². The van der Waals surface area contributed by atoms with Crippen LogP contribution >= 0.6 is 0 Å². The topological polar surface area (TPSA) is 119 Å². The molecule has 4 rings (SSSR count). The summed E-state index contributed by atoms with van der Waals surface area (Å²) in [6, 6.07) is 13.9. The lowest BCUT2D eigenvalue weighted by atomic mass is 10.1. The maximum Gasteiger partial charge on any atom is 0.243 e. The average molecular weight is 457 g/mol. The minimum absolute atomic E-state index is 0.0294. The molecule has 10 heteroatoms. The molecule has 0 radical (unpaired) electrons. The first-order valence-electron chi connectivity index (χ1n) is 10.4. The number of hydrogen-bond acceptors (Lipinski definition) is 6. The second kappa shape index (κ2) is 8.99. The molecule has 9 nitrogen and oxygen atoms in total. The first-order valence-corrected chi connectivity index (χ1v) is 12.0. The van der Waals surface area contributed by atoms with E-state index in [0.717, 1.165) is 11.3 Å². The summed E-state index contributed by atoms with van der Waals surface area (Å²) in [5.41, 5.74) is 2.29. The number of anilines is 2. The molecule has 2 amide bonds. The van der Waals surface area contributed by atoms with Crippen molar-refractivity contribution in [2.24, 2.45) is 5.10 Å². The summed E-state index contributed by atoms with van der Waals surface area (Å²) in [5, 5.41) is 18.4. The quantitative estimate of drug-likeness (QED) is 0.647. The zero-order valence-corrected chi connectivity index (χ0v) is 18.2. The molecule has 32 heavy (non-hydrogen) atoms. The SMILES string of the molecule is O=C(CCC(=O)N1CCC(c2ccccc2)=N1)Nc1cc(N2CCCS2(=O)=O)ccc1O. The molecule has 0 aromatic heterocycles. The van der Waals surface area contributed by atoms with E-state index >= 15 is 0 Å². The van der Waals surface area contributed by atoms with Crippen LogP contribution in [0.5, 0.6) is 5.75 Å². The lowest BCUT2D eigenvalue weighted by Crippen LogP contribution is -2.25. The molecular formula is C22H24N4O5S. The van der Waals surface area contributed by atoms with E-state index in [1.807, 2.05) is 30.3 Å². The van der Waals surface area contributed by atoms with Crippen LogP contribution in [0.4, 0.5) is 11.4 Å². The van der Waals surface area contributed by atoms with Crippen LogP contribution in [0.2, 0.25) is 0 Å². The fourth-order valence-corrected chi connectivity index (χ4v) is 5.30. The number of sulfonamides is 1. The summed E-state index contributed by atoms with van der Waals surface area (Å²) in [6.45, 7) is 0.828. The van der Waals surface area contributed by atoms with Crippen LogP contribution < -0.4 is 9.62 Å². The van der Waals surface area contributed by atoms with Crippen molar-refractivity contribution in [3.8, 4) is 5.75 Å². The number of rotatable bonds is 6. The van der Waals surface area contributed by atoms with E-state index in [0.29, 0.717) is 31.6 Å². The summed E-state index contributed by atoms with van der Waals surface area (Å²) in [4.78, 5) is 24.8. The van der Waals surface area contributed by atoms with Gasteiger partial charge < -0.3 is 10.4 Å². The highest BCUT2D eigenvalue weighted by Gasteiger charge is 2.29. The summed E-state index contributed by atoms with van der Waals surface area (Å²) in [5.74, 6) is -0.821. The molecule has 2 aromatic carbocycles. The van der Waals surface area contributed by atoms with Gasteiger partial charge in [0.2, 0.25) is 21.8 Å². The van der Waals surface area contributed by atoms with Gasteiger partial charge >= 0.3 is 0 Å². The van der Waals surface area contributed by atoms with Crippen LogP contribution in [0.15, 0.2) is 53.6 Å². The predicted molar refractivity (Wildman–Crippen MR) is 121 cm³/mol. The number of hydrogen-bond donors (Lipinski definition) is 2. The Kier molecular flexibility index (Phi) is 6.13. The predicted octanol–water partition coefficient (Wildman–Crippen LogP) is 2.29. The van der Waals surface area contributed by atoms with Gasteiger partial charge in [-0.25, -0.2) is 13.4 Å². The molecule has 0 aliphatic carbocycles. The largest absolute Gasteiger partial charge is 0.506 e. The third-order valence-corrected chi connectivity index (χ3v) is 7.27. The van der Waals surface area contributed by atoms with Gasteiger partial charge in [0.15, 0.2) is 0 Å². The minimum Gasteiger partial charge on any atom is -0.506 e. The van der Waals surface area contributed by atoms with Gasteiger partial charge in [-0.05, 0) is 30.2 Å². The van der Waals surface area contributed by atoms with Crippen molar-refractivity contribution in [3.05, 3.63) is 54.1 Å². The molecule has 1 saturated heterocycles. The van der Waals surface area contributed by atoms with Crippen molar-refractivity contribution < 1.29 is 23.1 Å². The molecule has 2 N–H and O–H groups in total. The Morgan fingerprint density at radius 3 is 2.56 bits per heavy atom. The summed E-state index contributed by atoms with van der Waals surface area (Å²) >= 11 is 0. The Bertz CT molecular complexity index is 1160. The molecule has 0 spiro atoms. The molecule has 0 bridgehead atoms. The smallest absolute Gasteiger partial charge is 0.243 e. The van der Waals surface area contributed by atoms with Gasteiger partial charge in [0.1, 0.15) is 5.75 Å². The molecule has 0 unspecified atom stereocenters. The third-order valence-electron chi connectivity index (χ3n) is 5.40. The van der Waals surface area contributed by atoms with E-state index in [-0.39, 0.29) is 35.9 Å². The van der Waals surface area contributed by atoms with Gasteiger partial charge in [-0.15, -0.1) is 0 Å². The maximum atomic E-state index is 12.5. The van der Waals surface area contributed by atoms with E-state index < -0.39 is 15.9 Å². The minimum atomic E-state index is -3.38. The van der Waals surface area contributed by atoms with Gasteiger partial charge in [-0.3, -0.25) is 13.9 Å². The van der Waals surface area contributed by atoms with Crippen LogP contribution in [-0.4, -0.2) is 54.9 Å². The van der Waals surface area contributed by atoms with E-state index in [9.17, 15) is 23.1 Å². The lowest BCUT2D eigenvalue weighted by Gasteiger charge is -2.18. The van der Waals surface area contributed by atoms with Gasteiger partial charge in [0.25, 0.3) is 0 Å². The number of phenols is 1. The van der Waals surface area contributed by atoms with Crippen molar-refractivity contribution in [1.82, 2.24) is 5.01 Å². The van der Waals surface area contributed by atoms with E-state index in [2.05, 4.69) is 10.4 Å². The average Bonchev–Trinajstić information content (AvgIpc) is 3.41. The monoisotopic (exact) mass is 456 g/mol. The zero-order valence-electron chi connectivity index (χ0n) is 17.4. The standard InChI is InChI=1S/C22H24N4O5S/c27-20-8-7-17(26-12-4-14-32(26,30)31)15-19(20)23-21(28)9-10-22(29)25-13-11-18(24-25)16-5-2-1-3-6-16/h1-3,5-8,15,27H,4,9-14H2,(H,23,28). The number of aromatic hydroxyl groups is 1. The van der Waals surface area contributed by atoms with Crippen LogP contribution in [0, 0.1) is 0 Å². The second-order valence-electron chi connectivity index (χ2n) is 7.67. The van der Waals surface area contributed by atoms with Crippen molar-refractivity contribution in [2.45, 2.75) is 25.7 Å². The maximum absolute atomic E-state index is 12.5. The molecule has 1 fully saturated rings. The van der Waals surface area contributed by atoms with Crippen molar-refractivity contribution in [2.75, 3.05) is 28.5 Å². The molecule has 0 saturated carbocycles. The Balaban J connectivity index is 1.35. The first kappa shape index (κ1) is 21.8. The number of carbonyl (C=O) groups excluding carboxylic acids is 2. The number of carbonyl (C=O) groups is 2. The second-order valence-corrected chi connectivity index (χ2v) is 9.68. The molecule has 2 aliphatic rings. The van der Waals surface area contributed by atoms with Crippen LogP contribution in [0.3, 0.4) is 0 Å². The van der Waals surface area contributed by atoms with Gasteiger partial charge in [0.05, 0.1) is 29.4 Å². The first-order chi connectivity index (χ1) is 15.3. The molecule has 2 aromatic rings. The number of nitrogens with zero attached hydrogens (tertiary/aromatic N) is 3. The number of amides is 2. The number of hydrazone groups is 1. The molecule has 2 heterocycles. The molecule has 2 aliphatic heterocycles. The van der Waals surface area contributed by atoms with Gasteiger partial charge in [-0.2, -0.15) is 5.10 Å². The van der Waals surface area contributed by atoms with E-state index in [4.69, 9.17) is 0 Å². The van der Waals surface area contributed by atoms with Crippen molar-refractivity contribution in [1.29, 1.82) is 0 Å². The van der Waals surface area contributed by atoms with E-state index in [1.165, 1.54) is 27.5 Å². The number of phenolic OH excluding ortho intramolecular Hbond substituents is 1. The molecule has 168 valence electrons. The van der Waals surface area contributed by atoms with Crippen molar-refractivity contribution in [3.63, 3.8) is 0 Å². The fourth-order valence-electron chi connectivity index (χ4n) is 3.74. The number of nitrogens with one attached hydrogen (secondary N) is 1. The summed E-state index contributed by atoms with van der Waals surface area (Å²) in [7, 11) is -3.38. The van der Waals surface area contributed by atoms with Crippen molar-refractivity contribution >= 4 is 38.9 Å². The van der Waals surface area contributed by atoms with Crippen LogP contribution in [0.25, 0.3) is 0 Å². The third kappa shape index (κ3) is 4.75. The summed E-state index contributed by atoms with van der Waals surface area (Å²) in [6.07, 6.45) is 1.07. The normalized spacial score (nSPS) is 17.3. The Labute approximate surface area is 186 Å². The van der Waals surface area contributed by atoms with Gasteiger partial charge in [0, 0.05) is 25.8 Å². The highest BCUT2D eigenvalue weighted by atomic mass is 32.2. The fraction of sp³-hybridized carbons (Fsp3) is 0.318. The molecular weight excluding hydrogens is 432 g/mol. The Morgan fingerprint density at radius 1 is 1.06 bits per heavy atom. The summed E-state index contributed by atoms with van der Waals surface area (Å²) < 4.78 is 25.5. The highest BCUT2D eigenvalue weighted by Crippen LogP contribution is 2.32. The Morgan fingerprint density at radius 2 is 1.84 bits per heavy atom. The van der Waals surface area contributed by atoms with E-state index in [1.54, 1.807) is 0 Å². The van der Waals surface area contributed by atoms with Crippen LogP contribution in [0.1, 0.15) is 31.2 Å². The molecule has 0 atom stereocenters.